The third kappa shape index (κ3) is 4.46. The molecule has 10 heteroatoms. The van der Waals surface area contributed by atoms with Crippen molar-refractivity contribution in [3.8, 4) is 11.5 Å². The molecule has 2 aromatic rings. The lowest BCUT2D eigenvalue weighted by Crippen LogP contribution is -2.41. The second kappa shape index (κ2) is 8.11. The fraction of sp³-hybridized carbons (Fsp3) is 0.188. The summed E-state index contributed by atoms with van der Waals surface area (Å²) in [5.74, 6) is -2.23. The molecule has 0 spiro atoms. The lowest BCUT2D eigenvalue weighted by molar-refractivity contribution is 0.0944. The van der Waals surface area contributed by atoms with Gasteiger partial charge in [0, 0.05) is 5.56 Å². The maximum atomic E-state index is 13.6. The van der Waals surface area contributed by atoms with E-state index in [4.69, 9.17) is 9.47 Å². The highest BCUT2D eigenvalue weighted by Crippen LogP contribution is 2.28. The van der Waals surface area contributed by atoms with Crippen molar-refractivity contribution < 1.29 is 31.5 Å². The molecule has 0 aliphatic rings. The van der Waals surface area contributed by atoms with Gasteiger partial charge >= 0.3 is 0 Å². The van der Waals surface area contributed by atoms with Gasteiger partial charge in [0.15, 0.2) is 11.5 Å². The zero-order chi connectivity index (χ0) is 19.3. The second-order valence-electron chi connectivity index (χ2n) is 4.93. The van der Waals surface area contributed by atoms with Gasteiger partial charge in [-0.3, -0.25) is 10.2 Å². The first-order chi connectivity index (χ1) is 12.3. The van der Waals surface area contributed by atoms with Crippen molar-refractivity contribution in [2.24, 2.45) is 0 Å². The number of ether oxygens (including phenoxy) is 2. The minimum absolute atomic E-state index is 0.0627. The number of rotatable bonds is 7. The first-order valence-electron chi connectivity index (χ1n) is 7.36. The van der Waals surface area contributed by atoms with Crippen molar-refractivity contribution in [2.45, 2.75) is 11.8 Å². The van der Waals surface area contributed by atoms with Crippen LogP contribution in [0, 0.1) is 11.6 Å². The van der Waals surface area contributed by atoms with Gasteiger partial charge in [-0.15, -0.1) is 4.83 Å². The van der Waals surface area contributed by atoms with Crippen LogP contribution in [0.5, 0.6) is 11.5 Å². The van der Waals surface area contributed by atoms with Gasteiger partial charge < -0.3 is 9.47 Å². The normalized spacial score (nSPS) is 11.1. The zero-order valence-electron chi connectivity index (χ0n) is 13.9. The van der Waals surface area contributed by atoms with Crippen molar-refractivity contribution in [2.75, 3.05) is 13.7 Å². The molecular formula is C16H16F2N2O5S. The molecule has 2 rings (SSSR count). The van der Waals surface area contributed by atoms with Crippen LogP contribution in [0.15, 0.2) is 41.3 Å². The topological polar surface area (TPSA) is 93.7 Å². The summed E-state index contributed by atoms with van der Waals surface area (Å²) < 4.78 is 61.2. The van der Waals surface area contributed by atoms with Gasteiger partial charge in [-0.05, 0) is 43.3 Å². The average molecular weight is 386 g/mol. The number of nitrogens with one attached hydrogen (secondary N) is 2. The van der Waals surface area contributed by atoms with E-state index in [1.165, 1.54) is 25.3 Å². The lowest BCUT2D eigenvalue weighted by atomic mass is 10.2. The van der Waals surface area contributed by atoms with Crippen LogP contribution >= 0.6 is 0 Å². The van der Waals surface area contributed by atoms with Crippen molar-refractivity contribution in [1.29, 1.82) is 0 Å². The molecule has 0 aromatic heterocycles. The SMILES string of the molecule is CCOc1ccc(C(=O)NNS(=O)(=O)c2cc(F)ccc2F)cc1OC. The first kappa shape index (κ1) is 19.6. The Bertz CT molecular complexity index is 919. The minimum Gasteiger partial charge on any atom is -0.493 e. The first-order valence-corrected chi connectivity index (χ1v) is 8.85. The number of carbonyl (C=O) groups excluding carboxylic acids is 1. The Morgan fingerprint density at radius 1 is 1.12 bits per heavy atom. The standard InChI is InChI=1S/C16H16F2N2O5S/c1-3-25-13-7-4-10(8-14(13)24-2)16(21)19-20-26(22,23)15-9-11(17)5-6-12(15)18/h4-9,20H,3H2,1-2H3,(H,19,21). The Morgan fingerprint density at radius 2 is 1.85 bits per heavy atom. The number of amides is 1. The van der Waals surface area contributed by atoms with E-state index in [0.29, 0.717) is 24.5 Å². The zero-order valence-corrected chi connectivity index (χ0v) is 14.7. The van der Waals surface area contributed by atoms with Gasteiger partial charge in [0.2, 0.25) is 0 Å². The summed E-state index contributed by atoms with van der Waals surface area (Å²) in [6.07, 6.45) is 0. The summed E-state index contributed by atoms with van der Waals surface area (Å²) in [6, 6.07) is 6.17. The van der Waals surface area contributed by atoms with Gasteiger partial charge in [-0.2, -0.15) is 0 Å². The van der Waals surface area contributed by atoms with Gasteiger partial charge in [-0.1, -0.05) is 0 Å². The Morgan fingerprint density at radius 3 is 2.50 bits per heavy atom. The van der Waals surface area contributed by atoms with Crippen LogP contribution in [-0.4, -0.2) is 28.0 Å². The molecule has 0 atom stereocenters. The highest BCUT2D eigenvalue weighted by atomic mass is 32.2. The van der Waals surface area contributed by atoms with Crippen LogP contribution in [0.1, 0.15) is 17.3 Å². The number of carbonyl (C=O) groups is 1. The van der Waals surface area contributed by atoms with E-state index in [-0.39, 0.29) is 11.3 Å². The molecule has 0 bridgehead atoms. The number of methoxy groups -OCH3 is 1. The molecule has 2 N–H and O–H groups in total. The molecule has 0 heterocycles. The fourth-order valence-electron chi connectivity index (χ4n) is 2.01. The largest absolute Gasteiger partial charge is 0.493 e. The third-order valence-electron chi connectivity index (χ3n) is 3.21. The molecule has 7 nitrogen and oxygen atoms in total. The molecule has 2 aromatic carbocycles. The Labute approximate surface area is 148 Å². The molecule has 0 unspecified atom stereocenters. The number of hydrogen-bond donors (Lipinski definition) is 2. The van der Waals surface area contributed by atoms with Crippen LogP contribution in [-0.2, 0) is 10.0 Å². The molecule has 0 radical (unpaired) electrons. The average Bonchev–Trinajstić information content (AvgIpc) is 2.62. The molecular weight excluding hydrogens is 370 g/mol. The van der Waals surface area contributed by atoms with Gasteiger partial charge in [0.1, 0.15) is 16.5 Å². The molecule has 1 amide bonds. The van der Waals surface area contributed by atoms with Crippen LogP contribution in [0.25, 0.3) is 0 Å². The predicted octanol–water partition coefficient (Wildman–Crippen LogP) is 2.00. The van der Waals surface area contributed by atoms with Crippen LogP contribution in [0.3, 0.4) is 0 Å². The number of halogens is 2. The maximum absolute atomic E-state index is 13.6. The fourth-order valence-corrected chi connectivity index (χ4v) is 2.94. The summed E-state index contributed by atoms with van der Waals surface area (Å²) in [6.45, 7) is 2.17. The Hall–Kier alpha value is -2.72. The van der Waals surface area contributed by atoms with E-state index >= 15 is 0 Å². The molecule has 0 saturated heterocycles. The van der Waals surface area contributed by atoms with Crippen molar-refractivity contribution in [3.63, 3.8) is 0 Å². The molecule has 26 heavy (non-hydrogen) atoms. The quantitative estimate of drug-likeness (QED) is 0.710. The highest BCUT2D eigenvalue weighted by molar-refractivity contribution is 7.89. The Kier molecular flexibility index (Phi) is 6.11. The van der Waals surface area contributed by atoms with Gasteiger partial charge in [-0.25, -0.2) is 17.2 Å². The summed E-state index contributed by atoms with van der Waals surface area (Å²) in [5, 5.41) is 0. The van der Waals surface area contributed by atoms with Crippen LogP contribution in [0.4, 0.5) is 8.78 Å². The third-order valence-corrected chi connectivity index (χ3v) is 4.47. The summed E-state index contributed by atoms with van der Waals surface area (Å²) in [5.41, 5.74) is 1.99. The number of benzene rings is 2. The van der Waals surface area contributed by atoms with Crippen LogP contribution < -0.4 is 19.7 Å². The second-order valence-corrected chi connectivity index (χ2v) is 6.58. The highest BCUT2D eigenvalue weighted by Gasteiger charge is 2.21. The van der Waals surface area contributed by atoms with E-state index in [9.17, 15) is 22.0 Å². The molecule has 0 fully saturated rings. The predicted molar refractivity (Wildman–Crippen MR) is 88.3 cm³/mol. The van der Waals surface area contributed by atoms with E-state index in [1.54, 1.807) is 11.8 Å². The monoisotopic (exact) mass is 386 g/mol. The summed E-state index contributed by atoms with van der Waals surface area (Å²) >= 11 is 0. The number of hydrogen-bond acceptors (Lipinski definition) is 5. The molecule has 0 saturated carbocycles. The summed E-state index contributed by atoms with van der Waals surface area (Å²) in [4.78, 5) is 12.9. The maximum Gasteiger partial charge on any atom is 0.266 e. The van der Waals surface area contributed by atoms with Gasteiger partial charge in [0.25, 0.3) is 15.9 Å². The lowest BCUT2D eigenvalue weighted by Gasteiger charge is -2.12. The summed E-state index contributed by atoms with van der Waals surface area (Å²) in [7, 11) is -3.12. The van der Waals surface area contributed by atoms with Crippen molar-refractivity contribution in [3.05, 3.63) is 53.6 Å². The van der Waals surface area contributed by atoms with Crippen LogP contribution in [0.2, 0.25) is 0 Å². The molecule has 140 valence electrons. The number of hydrazine groups is 1. The number of sulfonamides is 1. The van der Waals surface area contributed by atoms with E-state index in [1.807, 2.05) is 5.43 Å². The van der Waals surface area contributed by atoms with E-state index in [2.05, 4.69) is 0 Å². The molecule has 0 aliphatic heterocycles. The minimum atomic E-state index is -4.50. The molecule has 0 aliphatic carbocycles. The van der Waals surface area contributed by atoms with Gasteiger partial charge in [0.05, 0.1) is 13.7 Å². The van der Waals surface area contributed by atoms with E-state index < -0.39 is 32.5 Å². The van der Waals surface area contributed by atoms with E-state index in [0.717, 1.165) is 6.07 Å². The van der Waals surface area contributed by atoms with Crippen molar-refractivity contribution >= 4 is 15.9 Å². The smallest absolute Gasteiger partial charge is 0.266 e. The van der Waals surface area contributed by atoms with Crippen molar-refractivity contribution in [1.82, 2.24) is 10.3 Å². The Balaban J connectivity index is 2.16.